The summed E-state index contributed by atoms with van der Waals surface area (Å²) in [6.07, 6.45) is -3.48. The van der Waals surface area contributed by atoms with Crippen molar-refractivity contribution in [3.05, 3.63) is 62.9 Å². The molecule has 3 aromatic rings. The fraction of sp³-hybridized carbons (Fsp3) is 0.333. The molecule has 1 aliphatic rings. The number of alkyl halides is 3. The first-order chi connectivity index (χ1) is 17.1. The van der Waals surface area contributed by atoms with E-state index in [2.05, 4.69) is 4.98 Å². The summed E-state index contributed by atoms with van der Waals surface area (Å²) in [4.78, 5) is 44.4. The molecule has 1 saturated heterocycles. The van der Waals surface area contributed by atoms with Crippen LogP contribution in [0.1, 0.15) is 37.6 Å². The molecular formula is C24H20ClF5N4O3. The molecule has 1 aromatic carbocycles. The van der Waals surface area contributed by atoms with Gasteiger partial charge in [0.25, 0.3) is 5.91 Å². The summed E-state index contributed by atoms with van der Waals surface area (Å²) in [5.74, 6) is -3.68. The minimum Gasteiger partial charge on any atom is -0.340 e. The molecule has 196 valence electrons. The second kappa shape index (κ2) is 9.09. The predicted octanol–water partition coefficient (Wildman–Crippen LogP) is 4.76. The average molecular weight is 543 g/mol. The van der Waals surface area contributed by atoms with E-state index in [1.807, 2.05) is 0 Å². The molecule has 1 N–H and O–H groups in total. The molecule has 1 aliphatic heterocycles. The normalized spacial score (nSPS) is 16.4. The van der Waals surface area contributed by atoms with E-state index in [0.29, 0.717) is 26.0 Å². The van der Waals surface area contributed by atoms with Crippen LogP contribution in [0.25, 0.3) is 16.7 Å². The van der Waals surface area contributed by atoms with E-state index in [1.165, 1.54) is 17.0 Å². The Kier molecular flexibility index (Phi) is 6.51. The summed E-state index contributed by atoms with van der Waals surface area (Å²) < 4.78 is 68.6. The van der Waals surface area contributed by atoms with Crippen LogP contribution in [-0.4, -0.2) is 40.1 Å². The molecule has 2 aromatic heterocycles. The van der Waals surface area contributed by atoms with Gasteiger partial charge in [-0.15, -0.1) is 0 Å². The fourth-order valence-electron chi connectivity index (χ4n) is 3.98. The molecule has 3 heterocycles. The third-order valence-electron chi connectivity index (χ3n) is 6.20. The van der Waals surface area contributed by atoms with Crippen LogP contribution in [0.15, 0.2) is 35.3 Å². The molecule has 0 aliphatic carbocycles. The lowest BCUT2D eigenvalue weighted by molar-refractivity contribution is -0.149. The number of nitrogens with zero attached hydrogens (tertiary/aromatic N) is 3. The van der Waals surface area contributed by atoms with Crippen molar-refractivity contribution in [2.75, 3.05) is 11.4 Å². The van der Waals surface area contributed by atoms with Gasteiger partial charge in [-0.1, -0.05) is 25.4 Å². The number of rotatable bonds is 4. The van der Waals surface area contributed by atoms with Gasteiger partial charge in [-0.05, 0) is 31.5 Å². The second-order valence-corrected chi connectivity index (χ2v) is 9.74. The Balaban J connectivity index is 1.97. The largest absolute Gasteiger partial charge is 0.408 e. The summed E-state index contributed by atoms with van der Waals surface area (Å²) in [6, 6.07) is 1.57. The molecule has 0 unspecified atom stereocenters. The van der Waals surface area contributed by atoms with Gasteiger partial charge >= 0.3 is 6.18 Å². The Hall–Kier alpha value is -3.54. The molecule has 0 bridgehead atoms. The van der Waals surface area contributed by atoms with Crippen LogP contribution in [0.5, 0.6) is 0 Å². The van der Waals surface area contributed by atoms with Crippen molar-refractivity contribution < 1.29 is 31.5 Å². The molecule has 1 fully saturated rings. The lowest BCUT2D eigenvalue weighted by atomic mass is 9.92. The number of halogens is 6. The van der Waals surface area contributed by atoms with Gasteiger partial charge in [0, 0.05) is 24.2 Å². The number of benzene rings is 1. The number of aromatic nitrogens is 2. The minimum atomic E-state index is -4.79. The maximum atomic E-state index is 14.9. The first kappa shape index (κ1) is 26.5. The summed E-state index contributed by atoms with van der Waals surface area (Å²) in [5.41, 5.74) is -3.14. The van der Waals surface area contributed by atoms with E-state index >= 15 is 0 Å². The first-order valence-corrected chi connectivity index (χ1v) is 11.4. The van der Waals surface area contributed by atoms with E-state index in [4.69, 9.17) is 11.6 Å². The molecule has 37 heavy (non-hydrogen) atoms. The van der Waals surface area contributed by atoms with Gasteiger partial charge in [-0.3, -0.25) is 23.9 Å². The van der Waals surface area contributed by atoms with E-state index in [1.54, 1.807) is 19.2 Å². The van der Waals surface area contributed by atoms with Crippen molar-refractivity contribution in [3.8, 4) is 5.69 Å². The van der Waals surface area contributed by atoms with Crippen molar-refractivity contribution in [1.82, 2.24) is 14.9 Å². The third kappa shape index (κ3) is 4.77. The predicted molar refractivity (Wildman–Crippen MR) is 126 cm³/mol. The Morgan fingerprint density at radius 2 is 1.86 bits per heavy atom. The van der Waals surface area contributed by atoms with Crippen molar-refractivity contribution in [1.29, 1.82) is 0 Å². The molecule has 0 saturated carbocycles. The maximum absolute atomic E-state index is 14.9. The second-order valence-electron chi connectivity index (χ2n) is 9.33. The maximum Gasteiger partial charge on any atom is 0.408 e. The van der Waals surface area contributed by atoms with Crippen molar-refractivity contribution in [2.24, 2.45) is 5.41 Å². The molecule has 1 atom stereocenters. The highest BCUT2D eigenvalue weighted by Crippen LogP contribution is 2.34. The van der Waals surface area contributed by atoms with Crippen molar-refractivity contribution in [2.45, 2.75) is 39.4 Å². The smallest absolute Gasteiger partial charge is 0.340 e. The van der Waals surface area contributed by atoms with Crippen LogP contribution >= 0.6 is 11.6 Å². The number of hydrogen-bond acceptors (Lipinski definition) is 4. The minimum absolute atomic E-state index is 0.123. The molecular weight excluding hydrogens is 523 g/mol. The van der Waals surface area contributed by atoms with Crippen LogP contribution in [0.2, 0.25) is 5.02 Å². The fourth-order valence-corrected chi connectivity index (χ4v) is 4.27. The van der Waals surface area contributed by atoms with Crippen LogP contribution in [0.3, 0.4) is 0 Å². The van der Waals surface area contributed by atoms with E-state index in [-0.39, 0.29) is 22.8 Å². The number of carbonyl (C=O) groups is 2. The van der Waals surface area contributed by atoms with Crippen LogP contribution in [0.4, 0.5) is 27.8 Å². The lowest BCUT2D eigenvalue weighted by Crippen LogP contribution is -2.44. The van der Waals surface area contributed by atoms with Gasteiger partial charge in [-0.25, -0.2) is 13.8 Å². The molecule has 4 rings (SSSR count). The number of pyridine rings is 2. The third-order valence-corrected chi connectivity index (χ3v) is 6.49. The summed E-state index contributed by atoms with van der Waals surface area (Å²) >= 11 is 6.09. The topological polar surface area (TPSA) is 84.3 Å². The summed E-state index contributed by atoms with van der Waals surface area (Å²) in [6.45, 7) is 4.52. The number of carbonyl (C=O) groups excluding carboxylic acids is 2. The van der Waals surface area contributed by atoms with Crippen LogP contribution in [-0.2, 0) is 4.79 Å². The quantitative estimate of drug-likeness (QED) is 0.482. The number of nitrogens with one attached hydrogen (secondary N) is 1. The van der Waals surface area contributed by atoms with Gasteiger partial charge in [0.1, 0.15) is 28.9 Å². The van der Waals surface area contributed by atoms with Gasteiger partial charge in [0.05, 0.1) is 10.4 Å². The van der Waals surface area contributed by atoms with Gasteiger partial charge in [0.15, 0.2) is 11.5 Å². The van der Waals surface area contributed by atoms with Crippen molar-refractivity contribution >= 4 is 40.3 Å². The first-order valence-electron chi connectivity index (χ1n) is 11.0. The number of amides is 2. The monoisotopic (exact) mass is 542 g/mol. The Morgan fingerprint density at radius 3 is 2.43 bits per heavy atom. The average Bonchev–Trinajstić information content (AvgIpc) is 3.06. The SMILES string of the molecule is C[C@H](NC(=O)c1cn(-c2c(F)cc(F)cc2Cl)c2nc(N3CCC(C)(C)C3=O)ccc2c1=O)C(F)(F)F. The molecule has 2 amide bonds. The zero-order valence-electron chi connectivity index (χ0n) is 19.7. The Labute approximate surface area is 211 Å². The molecule has 13 heteroatoms. The number of anilines is 1. The summed E-state index contributed by atoms with van der Waals surface area (Å²) in [5, 5.41) is 0.975. The summed E-state index contributed by atoms with van der Waals surface area (Å²) in [7, 11) is 0. The van der Waals surface area contributed by atoms with Crippen molar-refractivity contribution in [3.63, 3.8) is 0 Å². The molecule has 7 nitrogen and oxygen atoms in total. The zero-order chi connectivity index (χ0) is 27.4. The lowest BCUT2D eigenvalue weighted by Gasteiger charge is -2.21. The Bertz CT molecular complexity index is 1480. The molecule has 0 radical (unpaired) electrons. The van der Waals surface area contributed by atoms with E-state index in [0.717, 1.165) is 16.8 Å². The molecule has 0 spiro atoms. The number of fused-ring (bicyclic) bond motifs is 1. The van der Waals surface area contributed by atoms with E-state index in [9.17, 15) is 36.3 Å². The van der Waals surface area contributed by atoms with E-state index < -0.39 is 56.9 Å². The zero-order valence-corrected chi connectivity index (χ0v) is 20.5. The Morgan fingerprint density at radius 1 is 1.19 bits per heavy atom. The standard InChI is InChI=1S/C24H20ClF5N4O3/c1-11(24(28,29)30)31-21(36)14-10-34(18-15(25)8-12(26)9-16(18)27)20-13(19(14)35)4-5-17(32-20)33-7-6-23(2,3)22(33)37/h4-5,8-11H,6-7H2,1-3H3,(H,31,36)/t11-/m0/s1. The van der Waals surface area contributed by atoms with Gasteiger partial charge < -0.3 is 5.32 Å². The van der Waals surface area contributed by atoms with Gasteiger partial charge in [0.2, 0.25) is 11.3 Å². The van der Waals surface area contributed by atoms with Crippen LogP contribution in [0, 0.1) is 17.0 Å². The highest BCUT2D eigenvalue weighted by molar-refractivity contribution is 6.32. The van der Waals surface area contributed by atoms with Gasteiger partial charge in [-0.2, -0.15) is 13.2 Å². The highest BCUT2D eigenvalue weighted by atomic mass is 35.5. The number of hydrogen-bond donors (Lipinski definition) is 1. The van der Waals surface area contributed by atoms with Crippen LogP contribution < -0.4 is 15.6 Å². The highest BCUT2D eigenvalue weighted by Gasteiger charge is 2.40.